The van der Waals surface area contributed by atoms with Crippen LogP contribution in [-0.2, 0) is 7.05 Å². The molecule has 0 aromatic carbocycles. The van der Waals surface area contributed by atoms with E-state index >= 15 is 0 Å². The number of aromatic nitrogens is 3. The Morgan fingerprint density at radius 3 is 2.93 bits per heavy atom. The van der Waals surface area contributed by atoms with E-state index in [1.54, 1.807) is 6.33 Å². The highest BCUT2D eigenvalue weighted by Gasteiger charge is 2.11. The summed E-state index contributed by atoms with van der Waals surface area (Å²) in [7, 11) is 1.91. The lowest BCUT2D eigenvalue weighted by Gasteiger charge is -2.15. The Labute approximate surface area is 95.3 Å². The van der Waals surface area contributed by atoms with Crippen molar-refractivity contribution < 1.29 is 0 Å². The summed E-state index contributed by atoms with van der Waals surface area (Å²) < 4.78 is 1.88. The van der Waals surface area contributed by atoms with E-state index in [-0.39, 0.29) is 6.04 Å². The minimum Gasteiger partial charge on any atom is -0.363 e. The summed E-state index contributed by atoms with van der Waals surface area (Å²) in [6, 6.07) is 0.0642. The van der Waals surface area contributed by atoms with Crippen molar-refractivity contribution in [3.05, 3.63) is 12.2 Å². The Morgan fingerprint density at radius 1 is 1.67 bits per heavy atom. The van der Waals surface area contributed by atoms with E-state index in [0.29, 0.717) is 5.11 Å². The molecule has 0 aliphatic carbocycles. The second kappa shape index (κ2) is 5.65. The van der Waals surface area contributed by atoms with Crippen LogP contribution in [0.3, 0.4) is 0 Å². The van der Waals surface area contributed by atoms with Crippen LogP contribution < -0.4 is 10.6 Å². The van der Waals surface area contributed by atoms with E-state index in [9.17, 15) is 0 Å². The van der Waals surface area contributed by atoms with Crippen LogP contribution in [0.25, 0.3) is 0 Å². The van der Waals surface area contributed by atoms with Crippen molar-refractivity contribution in [2.24, 2.45) is 7.05 Å². The zero-order valence-electron chi connectivity index (χ0n) is 9.32. The Kier molecular flexibility index (Phi) is 4.48. The topological polar surface area (TPSA) is 54.8 Å². The lowest BCUT2D eigenvalue weighted by molar-refractivity contribution is 0.617. The van der Waals surface area contributed by atoms with Crippen molar-refractivity contribution in [2.75, 3.05) is 6.54 Å². The molecule has 0 radical (unpaired) electrons. The van der Waals surface area contributed by atoms with Gasteiger partial charge in [-0.2, -0.15) is 0 Å². The van der Waals surface area contributed by atoms with Crippen LogP contribution in [-0.4, -0.2) is 26.4 Å². The van der Waals surface area contributed by atoms with Gasteiger partial charge in [0.25, 0.3) is 0 Å². The number of hydrogen-bond donors (Lipinski definition) is 2. The molecule has 1 unspecified atom stereocenters. The molecule has 1 aromatic heterocycles. The van der Waals surface area contributed by atoms with Gasteiger partial charge in [0.1, 0.15) is 6.33 Å². The largest absolute Gasteiger partial charge is 0.363 e. The summed E-state index contributed by atoms with van der Waals surface area (Å²) in [5.41, 5.74) is 0. The fourth-order valence-corrected chi connectivity index (χ4v) is 1.51. The maximum atomic E-state index is 5.13. The van der Waals surface area contributed by atoms with Gasteiger partial charge in [-0.1, -0.05) is 6.92 Å². The van der Waals surface area contributed by atoms with E-state index in [1.807, 2.05) is 18.5 Å². The van der Waals surface area contributed by atoms with Crippen molar-refractivity contribution in [2.45, 2.75) is 26.3 Å². The highest BCUT2D eigenvalue weighted by atomic mass is 32.1. The normalized spacial score (nSPS) is 12.2. The molecule has 0 aliphatic rings. The van der Waals surface area contributed by atoms with Crippen LogP contribution >= 0.6 is 12.2 Å². The van der Waals surface area contributed by atoms with Crippen LogP contribution in [0.1, 0.15) is 32.1 Å². The van der Waals surface area contributed by atoms with Crippen molar-refractivity contribution >= 4 is 17.3 Å². The standard InChI is InChI=1S/C9H17N5S/c1-4-5-10-9(15)12-7(2)8-13-11-6-14(8)3/h6-7H,4-5H2,1-3H3,(H2,10,12,15). The van der Waals surface area contributed by atoms with E-state index in [0.717, 1.165) is 18.8 Å². The molecule has 5 nitrogen and oxygen atoms in total. The molecule has 1 aromatic rings. The van der Waals surface area contributed by atoms with E-state index in [2.05, 4.69) is 27.8 Å². The van der Waals surface area contributed by atoms with Gasteiger partial charge in [-0.15, -0.1) is 10.2 Å². The minimum atomic E-state index is 0.0642. The quantitative estimate of drug-likeness (QED) is 0.743. The van der Waals surface area contributed by atoms with Gasteiger partial charge in [-0.25, -0.2) is 0 Å². The molecule has 0 amide bonds. The Balaban J connectivity index is 2.45. The third-order valence-corrected chi connectivity index (χ3v) is 2.28. The Morgan fingerprint density at radius 2 is 2.40 bits per heavy atom. The second-order valence-corrected chi connectivity index (χ2v) is 3.83. The monoisotopic (exact) mass is 227 g/mol. The summed E-state index contributed by atoms with van der Waals surface area (Å²) in [6.07, 6.45) is 2.73. The average Bonchev–Trinajstić information content (AvgIpc) is 2.61. The van der Waals surface area contributed by atoms with Crippen molar-refractivity contribution in [3.63, 3.8) is 0 Å². The molecule has 0 aliphatic heterocycles. The molecule has 2 N–H and O–H groups in total. The average molecular weight is 227 g/mol. The first kappa shape index (κ1) is 11.9. The van der Waals surface area contributed by atoms with E-state index < -0.39 is 0 Å². The van der Waals surface area contributed by atoms with E-state index in [4.69, 9.17) is 12.2 Å². The van der Waals surface area contributed by atoms with Crippen molar-refractivity contribution in [3.8, 4) is 0 Å². The summed E-state index contributed by atoms with van der Waals surface area (Å²) in [6.45, 7) is 4.99. The smallest absolute Gasteiger partial charge is 0.166 e. The first-order valence-electron chi connectivity index (χ1n) is 5.03. The zero-order chi connectivity index (χ0) is 11.3. The number of hydrogen-bond acceptors (Lipinski definition) is 3. The van der Waals surface area contributed by atoms with Gasteiger partial charge in [0.05, 0.1) is 6.04 Å². The SMILES string of the molecule is CCCNC(=S)NC(C)c1nncn1C. The van der Waals surface area contributed by atoms with Gasteiger partial charge < -0.3 is 15.2 Å². The van der Waals surface area contributed by atoms with Gasteiger partial charge in [0, 0.05) is 13.6 Å². The van der Waals surface area contributed by atoms with Gasteiger partial charge in [-0.05, 0) is 25.6 Å². The second-order valence-electron chi connectivity index (χ2n) is 3.42. The summed E-state index contributed by atoms with van der Waals surface area (Å²) in [4.78, 5) is 0. The number of aryl methyl sites for hydroxylation is 1. The fraction of sp³-hybridized carbons (Fsp3) is 0.667. The molecule has 1 rings (SSSR count). The predicted octanol–water partition coefficient (Wildman–Crippen LogP) is 0.750. The summed E-state index contributed by atoms with van der Waals surface area (Å²) in [5, 5.41) is 14.8. The molecule has 0 bridgehead atoms. The minimum absolute atomic E-state index is 0.0642. The van der Waals surface area contributed by atoms with Gasteiger partial charge >= 0.3 is 0 Å². The van der Waals surface area contributed by atoms with Crippen LogP contribution in [0.2, 0.25) is 0 Å². The first-order chi connectivity index (χ1) is 7.15. The molecule has 15 heavy (non-hydrogen) atoms. The fourth-order valence-electron chi connectivity index (χ4n) is 1.23. The highest BCUT2D eigenvalue weighted by Crippen LogP contribution is 2.06. The highest BCUT2D eigenvalue weighted by molar-refractivity contribution is 7.80. The summed E-state index contributed by atoms with van der Waals surface area (Å²) >= 11 is 5.13. The number of rotatable bonds is 4. The Bertz CT molecular complexity index is 322. The third kappa shape index (κ3) is 3.47. The van der Waals surface area contributed by atoms with Gasteiger partial charge in [0.15, 0.2) is 10.9 Å². The third-order valence-electron chi connectivity index (χ3n) is 2.02. The molecule has 1 heterocycles. The number of nitrogens with one attached hydrogen (secondary N) is 2. The maximum absolute atomic E-state index is 5.13. The number of nitrogens with zero attached hydrogens (tertiary/aromatic N) is 3. The molecular formula is C9H17N5S. The molecule has 0 saturated carbocycles. The Hall–Kier alpha value is -1.17. The lowest BCUT2D eigenvalue weighted by atomic mass is 10.3. The number of thiocarbonyl (C=S) groups is 1. The molecule has 0 spiro atoms. The molecule has 1 atom stereocenters. The van der Waals surface area contributed by atoms with Crippen LogP contribution in [0, 0.1) is 0 Å². The predicted molar refractivity (Wildman–Crippen MR) is 63.4 cm³/mol. The van der Waals surface area contributed by atoms with Crippen molar-refractivity contribution in [1.82, 2.24) is 25.4 Å². The zero-order valence-corrected chi connectivity index (χ0v) is 10.1. The molecular weight excluding hydrogens is 210 g/mol. The lowest BCUT2D eigenvalue weighted by Crippen LogP contribution is -2.37. The first-order valence-corrected chi connectivity index (χ1v) is 5.44. The summed E-state index contributed by atoms with van der Waals surface area (Å²) in [5.74, 6) is 0.871. The van der Waals surface area contributed by atoms with Crippen molar-refractivity contribution in [1.29, 1.82) is 0 Å². The molecule has 84 valence electrons. The van der Waals surface area contributed by atoms with E-state index in [1.165, 1.54) is 0 Å². The maximum Gasteiger partial charge on any atom is 0.166 e. The molecule has 0 fully saturated rings. The van der Waals surface area contributed by atoms with Crippen LogP contribution in [0.5, 0.6) is 0 Å². The molecule has 6 heteroatoms. The molecule has 0 saturated heterocycles. The van der Waals surface area contributed by atoms with Crippen LogP contribution in [0.4, 0.5) is 0 Å². The van der Waals surface area contributed by atoms with Gasteiger partial charge in [0.2, 0.25) is 0 Å². The van der Waals surface area contributed by atoms with Crippen LogP contribution in [0.15, 0.2) is 6.33 Å². The van der Waals surface area contributed by atoms with Gasteiger partial charge in [-0.3, -0.25) is 0 Å².